The molecule has 1 N–H and O–H groups in total. The van der Waals surface area contributed by atoms with Gasteiger partial charge in [0, 0.05) is 6.42 Å². The summed E-state index contributed by atoms with van der Waals surface area (Å²) >= 11 is 0. The number of nitrogens with zero attached hydrogens (tertiary/aromatic N) is 1. The van der Waals surface area contributed by atoms with Gasteiger partial charge in [-0.25, -0.2) is 4.98 Å². The molecule has 0 bridgehead atoms. The van der Waals surface area contributed by atoms with E-state index in [1.54, 1.807) is 7.11 Å². The van der Waals surface area contributed by atoms with E-state index in [4.69, 9.17) is 9.72 Å². The maximum atomic E-state index is 12.6. The summed E-state index contributed by atoms with van der Waals surface area (Å²) in [5, 5.41) is 0.609. The summed E-state index contributed by atoms with van der Waals surface area (Å²) in [6.07, 6.45) is 17.9. The van der Waals surface area contributed by atoms with Gasteiger partial charge < -0.3 is 9.72 Å². The number of aromatic nitrogens is 2. The highest BCUT2D eigenvalue weighted by molar-refractivity contribution is 5.83. The van der Waals surface area contributed by atoms with E-state index < -0.39 is 0 Å². The van der Waals surface area contributed by atoms with Crippen molar-refractivity contribution in [2.75, 3.05) is 7.11 Å². The average Bonchev–Trinajstić information content (AvgIpc) is 3.19. The average molecular weight is 477 g/mol. The summed E-state index contributed by atoms with van der Waals surface area (Å²) in [7, 11) is 1.64. The Morgan fingerprint density at radius 2 is 1.86 bits per heavy atom. The highest BCUT2D eigenvalue weighted by Crippen LogP contribution is 2.67. The third-order valence-electron chi connectivity index (χ3n) is 11.7. The Labute approximate surface area is 210 Å². The van der Waals surface area contributed by atoms with Gasteiger partial charge in [0.25, 0.3) is 5.56 Å². The molecule has 4 fully saturated rings. The molecule has 35 heavy (non-hydrogen) atoms. The number of methoxy groups -OCH3 is 1. The van der Waals surface area contributed by atoms with Crippen LogP contribution in [0.2, 0.25) is 0 Å². The number of hydrogen-bond donors (Lipinski definition) is 1. The van der Waals surface area contributed by atoms with Crippen molar-refractivity contribution in [1.29, 1.82) is 0 Å². The molecule has 1 aromatic carbocycles. The molecule has 190 valence electrons. The molecule has 4 saturated carbocycles. The van der Waals surface area contributed by atoms with Gasteiger partial charge in [0.15, 0.2) is 0 Å². The number of benzene rings is 1. The van der Waals surface area contributed by atoms with Crippen molar-refractivity contribution in [3.8, 4) is 5.75 Å². The summed E-state index contributed by atoms with van der Waals surface area (Å²) in [4.78, 5) is 20.5. The molecule has 4 aliphatic carbocycles. The molecule has 2 aromatic rings. The van der Waals surface area contributed by atoms with E-state index in [0.29, 0.717) is 27.5 Å². The van der Waals surface area contributed by atoms with Gasteiger partial charge in [0.2, 0.25) is 0 Å². The molecule has 4 heteroatoms. The second-order valence-electron chi connectivity index (χ2n) is 13.0. The Hall–Kier alpha value is -1.84. The van der Waals surface area contributed by atoms with Crippen LogP contribution in [0.4, 0.5) is 0 Å². The number of para-hydroxylation sites is 1. The first kappa shape index (κ1) is 23.6. The van der Waals surface area contributed by atoms with Crippen molar-refractivity contribution in [3.63, 3.8) is 0 Å². The number of ether oxygens (including phenoxy) is 1. The second-order valence-corrected chi connectivity index (χ2v) is 13.0. The van der Waals surface area contributed by atoms with Gasteiger partial charge in [-0.2, -0.15) is 0 Å². The minimum Gasteiger partial charge on any atom is -0.494 e. The predicted octanol–water partition coefficient (Wildman–Crippen LogP) is 7.30. The lowest BCUT2D eigenvalue weighted by molar-refractivity contribution is -0.111. The Balaban J connectivity index is 1.14. The molecule has 6 rings (SSSR count). The normalized spacial score (nSPS) is 38.5. The van der Waals surface area contributed by atoms with Crippen molar-refractivity contribution in [2.24, 2.45) is 40.4 Å². The maximum Gasteiger partial charge on any atom is 0.258 e. The van der Waals surface area contributed by atoms with Crippen molar-refractivity contribution in [1.82, 2.24) is 9.97 Å². The van der Waals surface area contributed by atoms with Crippen molar-refractivity contribution in [2.45, 2.75) is 97.3 Å². The van der Waals surface area contributed by atoms with Gasteiger partial charge >= 0.3 is 0 Å². The third kappa shape index (κ3) is 3.76. The van der Waals surface area contributed by atoms with Crippen molar-refractivity contribution >= 4 is 10.9 Å². The Bertz CT molecular complexity index is 1140. The van der Waals surface area contributed by atoms with E-state index in [9.17, 15) is 4.79 Å². The standard InChI is InChI=1S/C31H44N2O2/c1-30-18-5-4-8-20(30)13-15-22-24-16-14-21(31(24,2)19-17-25(22)30)9-6-12-27-32-28-23(29(34)33-27)10-7-11-26(28)35-3/h7,10-11,20-22,24-25H,4-6,8-9,12-19H2,1-3H3,(H,32,33,34). The minimum absolute atomic E-state index is 0.0538. The Morgan fingerprint density at radius 3 is 2.71 bits per heavy atom. The number of hydrogen-bond acceptors (Lipinski definition) is 3. The number of fused-ring (bicyclic) bond motifs is 6. The fraction of sp³-hybridized carbons (Fsp3) is 0.742. The zero-order valence-corrected chi connectivity index (χ0v) is 22.1. The third-order valence-corrected chi connectivity index (χ3v) is 11.7. The van der Waals surface area contributed by atoms with Gasteiger partial charge in [0.05, 0.1) is 12.5 Å². The Kier molecular flexibility index (Phi) is 6.00. The molecule has 7 unspecified atom stereocenters. The lowest BCUT2D eigenvalue weighted by Crippen LogP contribution is -2.52. The number of aromatic amines is 1. The molecule has 0 amide bonds. The first-order valence-electron chi connectivity index (χ1n) is 14.5. The van der Waals surface area contributed by atoms with Crippen LogP contribution in [0.3, 0.4) is 0 Å². The molecule has 7 atom stereocenters. The smallest absolute Gasteiger partial charge is 0.258 e. The van der Waals surface area contributed by atoms with E-state index in [0.717, 1.165) is 48.3 Å². The summed E-state index contributed by atoms with van der Waals surface area (Å²) in [6, 6.07) is 5.56. The van der Waals surface area contributed by atoms with E-state index in [-0.39, 0.29) is 5.56 Å². The fourth-order valence-electron chi connectivity index (χ4n) is 9.86. The number of aryl methyl sites for hydroxylation is 1. The van der Waals surface area contributed by atoms with Crippen LogP contribution in [0.25, 0.3) is 10.9 Å². The monoisotopic (exact) mass is 476 g/mol. The molecule has 1 aromatic heterocycles. The van der Waals surface area contributed by atoms with Crippen LogP contribution in [0.5, 0.6) is 5.75 Å². The molecule has 0 aliphatic heterocycles. The van der Waals surface area contributed by atoms with Crippen LogP contribution in [0.1, 0.15) is 96.7 Å². The molecular weight excluding hydrogens is 432 g/mol. The molecule has 0 spiro atoms. The van der Waals surface area contributed by atoms with Gasteiger partial charge in [-0.15, -0.1) is 0 Å². The molecule has 4 nitrogen and oxygen atoms in total. The first-order chi connectivity index (χ1) is 16.9. The van der Waals surface area contributed by atoms with Crippen LogP contribution < -0.4 is 10.3 Å². The maximum absolute atomic E-state index is 12.6. The zero-order valence-electron chi connectivity index (χ0n) is 22.1. The molecule has 0 radical (unpaired) electrons. The first-order valence-corrected chi connectivity index (χ1v) is 14.5. The lowest BCUT2D eigenvalue weighted by Gasteiger charge is -2.60. The summed E-state index contributed by atoms with van der Waals surface area (Å²) in [5.41, 5.74) is 1.79. The summed E-state index contributed by atoms with van der Waals surface area (Å²) in [6.45, 7) is 5.34. The van der Waals surface area contributed by atoms with E-state index in [2.05, 4.69) is 18.8 Å². The lowest BCUT2D eigenvalue weighted by atomic mass is 9.45. The van der Waals surface area contributed by atoms with Crippen LogP contribution >= 0.6 is 0 Å². The zero-order chi connectivity index (χ0) is 24.2. The molecule has 0 saturated heterocycles. The summed E-state index contributed by atoms with van der Waals surface area (Å²) in [5.74, 6) is 6.22. The van der Waals surface area contributed by atoms with Gasteiger partial charge in [0.1, 0.15) is 17.1 Å². The minimum atomic E-state index is -0.0538. The van der Waals surface area contributed by atoms with Crippen LogP contribution in [-0.4, -0.2) is 17.1 Å². The predicted molar refractivity (Wildman–Crippen MR) is 142 cm³/mol. The van der Waals surface area contributed by atoms with E-state index in [1.165, 1.54) is 70.6 Å². The van der Waals surface area contributed by atoms with Crippen molar-refractivity contribution < 1.29 is 4.74 Å². The molecule has 1 heterocycles. The van der Waals surface area contributed by atoms with E-state index in [1.807, 2.05) is 18.2 Å². The quantitative estimate of drug-likeness (QED) is 0.492. The van der Waals surface area contributed by atoms with Crippen LogP contribution in [0, 0.1) is 40.4 Å². The highest BCUT2D eigenvalue weighted by Gasteiger charge is 2.59. The number of H-pyrrole nitrogens is 1. The van der Waals surface area contributed by atoms with Gasteiger partial charge in [-0.05, 0) is 117 Å². The van der Waals surface area contributed by atoms with E-state index >= 15 is 0 Å². The SMILES string of the molecule is COc1cccc2c(=O)[nH]c(CCCC3CCC4C5CCC6CCCCC6(C)C5CCC34C)nc12. The molecular formula is C31H44N2O2. The topological polar surface area (TPSA) is 55.0 Å². The molecule has 4 aliphatic rings. The fourth-order valence-corrected chi connectivity index (χ4v) is 9.86. The van der Waals surface area contributed by atoms with Crippen LogP contribution in [0.15, 0.2) is 23.0 Å². The van der Waals surface area contributed by atoms with Crippen LogP contribution in [-0.2, 0) is 6.42 Å². The number of nitrogens with one attached hydrogen (secondary N) is 1. The van der Waals surface area contributed by atoms with Gasteiger partial charge in [-0.1, -0.05) is 32.8 Å². The number of rotatable bonds is 5. The largest absolute Gasteiger partial charge is 0.494 e. The summed E-state index contributed by atoms with van der Waals surface area (Å²) < 4.78 is 5.46. The van der Waals surface area contributed by atoms with Crippen molar-refractivity contribution in [3.05, 3.63) is 34.4 Å². The Morgan fingerprint density at radius 1 is 1.00 bits per heavy atom. The second kappa shape index (κ2) is 8.92. The highest BCUT2D eigenvalue weighted by atomic mass is 16.5. The van der Waals surface area contributed by atoms with Gasteiger partial charge in [-0.3, -0.25) is 4.79 Å².